The molecule has 0 aromatic rings. The van der Waals surface area contributed by atoms with E-state index in [9.17, 15) is 50.8 Å². The Bertz CT molecular complexity index is 1660. The zero-order valence-electron chi connectivity index (χ0n) is 37.4. The van der Waals surface area contributed by atoms with Crippen molar-refractivity contribution in [1.29, 1.82) is 0 Å². The van der Waals surface area contributed by atoms with Crippen molar-refractivity contribution in [2.75, 3.05) is 13.2 Å². The van der Waals surface area contributed by atoms with Crippen LogP contribution < -0.4 is 0 Å². The maximum Gasteiger partial charge on any atom is 0.315 e. The monoisotopic (exact) mass is 882 g/mol. The highest BCUT2D eigenvalue weighted by atomic mass is 16.8. The Morgan fingerprint density at radius 2 is 1.42 bits per heavy atom. The molecule has 9 N–H and O–H groups in total. The predicted octanol–water partition coefficient (Wildman–Crippen LogP) is 1.27. The van der Waals surface area contributed by atoms with Crippen LogP contribution in [0.1, 0.15) is 106 Å². The molecule has 3 heterocycles. The summed E-state index contributed by atoms with van der Waals surface area (Å²) >= 11 is 0. The van der Waals surface area contributed by atoms with Gasteiger partial charge in [0.15, 0.2) is 12.6 Å². The Morgan fingerprint density at radius 3 is 2.13 bits per heavy atom. The average Bonchev–Trinajstić information content (AvgIpc) is 3.23. The van der Waals surface area contributed by atoms with E-state index in [2.05, 4.69) is 47.6 Å². The maximum atomic E-state index is 14.6. The van der Waals surface area contributed by atoms with Gasteiger partial charge in [0.05, 0.1) is 30.8 Å². The van der Waals surface area contributed by atoms with Crippen LogP contribution in [0.5, 0.6) is 0 Å². The molecule has 16 nitrogen and oxygen atoms in total. The lowest BCUT2D eigenvalue weighted by molar-refractivity contribution is -0.364. The van der Waals surface area contributed by atoms with Gasteiger partial charge < -0.3 is 74.4 Å². The van der Waals surface area contributed by atoms with Crippen LogP contribution in [0, 0.1) is 57.2 Å². The van der Waals surface area contributed by atoms with Gasteiger partial charge in [0, 0.05) is 0 Å². The zero-order valence-corrected chi connectivity index (χ0v) is 37.4. The molecule has 0 spiro atoms. The lowest BCUT2D eigenvalue weighted by Crippen LogP contribution is -2.64. The van der Waals surface area contributed by atoms with Gasteiger partial charge in [0.25, 0.3) is 0 Å². The molecule has 62 heavy (non-hydrogen) atoms. The number of carbonyl (C=O) groups is 1. The van der Waals surface area contributed by atoms with Crippen LogP contribution in [0.15, 0.2) is 11.6 Å². The fourth-order valence-corrected chi connectivity index (χ4v) is 14.4. The SMILES string of the molecule is C[C@@H]1CC[C@]2(C(=O)O[C@@H]3O[C@H](CO)[C@@H](O)[C@H](O)[C@H]3O)CC[C@]3(C)C(=CCC4C3CCC3C(C)(C)C(O[C@@H]5OC[C@H](O)[C@@H](O)[C@H]5O[C@@H]5O[C@H](C)[C@H](O)[C@@H](O)[C@H]5O)CC[C@]43C)C2[C@H]1C. The summed E-state index contributed by atoms with van der Waals surface area (Å²) in [4.78, 5) is 14.6. The van der Waals surface area contributed by atoms with Crippen molar-refractivity contribution in [2.45, 2.75) is 198 Å². The van der Waals surface area contributed by atoms with E-state index in [1.54, 1.807) is 0 Å². The van der Waals surface area contributed by atoms with E-state index in [-0.39, 0.29) is 46.7 Å². The fraction of sp³-hybridized carbons (Fsp3) is 0.935. The molecule has 5 aliphatic carbocycles. The smallest absolute Gasteiger partial charge is 0.315 e. The number of allylic oxidation sites excluding steroid dienone is 2. The van der Waals surface area contributed by atoms with E-state index in [0.29, 0.717) is 37.0 Å². The lowest BCUT2D eigenvalue weighted by Gasteiger charge is -2.67. The Kier molecular flexibility index (Phi) is 13.0. The molecule has 0 bridgehead atoms. The molecule has 0 radical (unpaired) electrons. The summed E-state index contributed by atoms with van der Waals surface area (Å²) in [6.07, 6.45) is -9.99. The Balaban J connectivity index is 1.02. The third kappa shape index (κ3) is 7.37. The number of hydrogen-bond donors (Lipinski definition) is 9. The van der Waals surface area contributed by atoms with Gasteiger partial charge in [-0.2, -0.15) is 0 Å². The van der Waals surface area contributed by atoms with Gasteiger partial charge in [0.1, 0.15) is 61.0 Å². The first-order valence-electron chi connectivity index (χ1n) is 23.3. The number of esters is 1. The quantitative estimate of drug-likeness (QED) is 0.0992. The minimum absolute atomic E-state index is 0.0500. The summed E-state index contributed by atoms with van der Waals surface area (Å²) in [6, 6.07) is 0. The minimum Gasteiger partial charge on any atom is -0.432 e. The van der Waals surface area contributed by atoms with Gasteiger partial charge in [-0.3, -0.25) is 4.79 Å². The van der Waals surface area contributed by atoms with Crippen molar-refractivity contribution < 1.29 is 79.2 Å². The number of aliphatic hydroxyl groups is 9. The van der Waals surface area contributed by atoms with Crippen molar-refractivity contribution >= 4 is 5.97 Å². The predicted molar refractivity (Wildman–Crippen MR) is 218 cm³/mol. The Morgan fingerprint density at radius 1 is 0.726 bits per heavy atom. The molecule has 0 aromatic carbocycles. The number of rotatable bonds is 7. The standard InChI is InChI=1S/C46H74O16/c1-20-12-15-46(42(56)62-40-37(55)35(53)33(51)27(18-47)59-40)17-16-44(6)23-10-11-28-43(4,5)29(13-14-45(28,7)24(23)8-9-25(44)30(46)21(20)2)60-41-38(32(50)26(48)19-57-41)61-39-36(54)34(52)31(49)22(3)58-39/h9,20-24,26-41,47-55H,8,10-19H2,1-7H3/t20-,21+,22-,23?,24?,26+,27-,28?,29?,30?,31+,32-,33-,34-,35+,36-,37-,38-,39+,40+,41+,44+,45-,46+/m1/s1. The summed E-state index contributed by atoms with van der Waals surface area (Å²) in [5.74, 6) is 0.988. The van der Waals surface area contributed by atoms with Crippen molar-refractivity contribution in [1.82, 2.24) is 0 Å². The topological polar surface area (TPSA) is 255 Å². The first-order chi connectivity index (χ1) is 29.1. The van der Waals surface area contributed by atoms with Gasteiger partial charge in [-0.15, -0.1) is 0 Å². The van der Waals surface area contributed by atoms with Crippen LogP contribution in [0.25, 0.3) is 0 Å². The highest BCUT2D eigenvalue weighted by Crippen LogP contribution is 2.72. The van der Waals surface area contributed by atoms with Crippen molar-refractivity contribution in [2.24, 2.45) is 57.2 Å². The molecule has 3 aliphatic heterocycles. The van der Waals surface area contributed by atoms with E-state index in [0.717, 1.165) is 38.5 Å². The van der Waals surface area contributed by atoms with Gasteiger partial charge in [-0.05, 0) is 116 Å². The second-order valence-electron chi connectivity index (χ2n) is 21.8. The molecule has 5 unspecified atom stereocenters. The molecular weight excluding hydrogens is 808 g/mol. The zero-order chi connectivity index (χ0) is 45.0. The Labute approximate surface area is 364 Å². The van der Waals surface area contributed by atoms with Gasteiger partial charge in [0.2, 0.25) is 6.29 Å². The van der Waals surface area contributed by atoms with E-state index < -0.39 is 104 Å². The molecule has 0 amide bonds. The highest BCUT2D eigenvalue weighted by molar-refractivity contribution is 5.79. The molecule has 24 atom stereocenters. The number of ether oxygens (including phenoxy) is 6. The number of fused-ring (bicyclic) bond motifs is 7. The minimum atomic E-state index is -1.67. The molecule has 16 heteroatoms. The molecule has 4 saturated carbocycles. The first kappa shape index (κ1) is 47.2. The number of hydrogen-bond acceptors (Lipinski definition) is 16. The molecule has 3 saturated heterocycles. The van der Waals surface area contributed by atoms with Crippen LogP contribution in [0.4, 0.5) is 0 Å². The largest absolute Gasteiger partial charge is 0.432 e. The first-order valence-corrected chi connectivity index (χ1v) is 23.3. The molecule has 8 aliphatic rings. The van der Waals surface area contributed by atoms with E-state index >= 15 is 0 Å². The third-order valence-corrected chi connectivity index (χ3v) is 18.4. The molecule has 0 aromatic heterocycles. The van der Waals surface area contributed by atoms with Crippen LogP contribution in [-0.4, -0.2) is 157 Å². The van der Waals surface area contributed by atoms with Gasteiger partial charge in [-0.1, -0.05) is 53.2 Å². The second kappa shape index (κ2) is 17.1. The molecule has 354 valence electrons. The molecule has 8 rings (SSSR count). The van der Waals surface area contributed by atoms with Crippen LogP contribution in [-0.2, 0) is 33.2 Å². The van der Waals surface area contributed by atoms with Crippen molar-refractivity contribution in [3.8, 4) is 0 Å². The van der Waals surface area contributed by atoms with Gasteiger partial charge in [-0.25, -0.2) is 0 Å². The summed E-state index contributed by atoms with van der Waals surface area (Å²) < 4.78 is 36.2. The van der Waals surface area contributed by atoms with E-state index in [1.165, 1.54) is 12.5 Å². The fourth-order valence-electron chi connectivity index (χ4n) is 14.4. The number of carbonyl (C=O) groups excluding carboxylic acids is 1. The average molecular weight is 883 g/mol. The Hall–Kier alpha value is -1.35. The number of aliphatic hydroxyl groups excluding tert-OH is 9. The molecular formula is C46H74O16. The van der Waals surface area contributed by atoms with Gasteiger partial charge >= 0.3 is 5.97 Å². The summed E-state index contributed by atoms with van der Waals surface area (Å²) in [5, 5.41) is 94.6. The maximum absolute atomic E-state index is 14.6. The lowest BCUT2D eigenvalue weighted by atomic mass is 9.37. The second-order valence-corrected chi connectivity index (χ2v) is 21.8. The highest BCUT2D eigenvalue weighted by Gasteiger charge is 2.67. The third-order valence-electron chi connectivity index (χ3n) is 18.4. The van der Waals surface area contributed by atoms with Crippen LogP contribution in [0.3, 0.4) is 0 Å². The normalized spacial score (nSPS) is 55.1. The van der Waals surface area contributed by atoms with Crippen LogP contribution in [0.2, 0.25) is 0 Å². The van der Waals surface area contributed by atoms with E-state index in [4.69, 9.17) is 28.4 Å². The van der Waals surface area contributed by atoms with Crippen molar-refractivity contribution in [3.05, 3.63) is 11.6 Å². The summed E-state index contributed by atoms with van der Waals surface area (Å²) in [5.41, 5.74) is -0.0872. The van der Waals surface area contributed by atoms with Crippen LogP contribution >= 0.6 is 0 Å². The van der Waals surface area contributed by atoms with E-state index in [1.807, 2.05) is 0 Å². The van der Waals surface area contributed by atoms with Crippen molar-refractivity contribution in [3.63, 3.8) is 0 Å². The summed E-state index contributed by atoms with van der Waals surface area (Å²) in [6.45, 7) is 14.6. The summed E-state index contributed by atoms with van der Waals surface area (Å²) in [7, 11) is 0. The molecule has 7 fully saturated rings.